The summed E-state index contributed by atoms with van der Waals surface area (Å²) in [6, 6.07) is 12.3. The van der Waals surface area contributed by atoms with Gasteiger partial charge in [0.15, 0.2) is 0 Å². The van der Waals surface area contributed by atoms with Crippen LogP contribution in [0.15, 0.2) is 65.7 Å². The molecule has 2 heterocycles. The standard InChI is InChI=1S/C15H12BrN3/c16-14-3-1-2-12(10-14)11-19-9-8-18-15(19)13-4-6-17-7-5-13/h1-10H,11H2. The van der Waals surface area contributed by atoms with E-state index in [0.717, 1.165) is 22.4 Å². The summed E-state index contributed by atoms with van der Waals surface area (Å²) >= 11 is 3.50. The summed E-state index contributed by atoms with van der Waals surface area (Å²) in [5.41, 5.74) is 2.32. The van der Waals surface area contributed by atoms with E-state index in [1.54, 1.807) is 12.4 Å². The molecule has 0 amide bonds. The van der Waals surface area contributed by atoms with E-state index in [0.29, 0.717) is 0 Å². The Morgan fingerprint density at radius 1 is 1.05 bits per heavy atom. The summed E-state index contributed by atoms with van der Waals surface area (Å²) in [6.07, 6.45) is 7.39. The van der Waals surface area contributed by atoms with Gasteiger partial charge in [0.1, 0.15) is 5.82 Å². The second kappa shape index (κ2) is 5.36. The first-order chi connectivity index (χ1) is 9.33. The van der Waals surface area contributed by atoms with Crippen LogP contribution in [0.5, 0.6) is 0 Å². The first kappa shape index (κ1) is 12.1. The maximum Gasteiger partial charge on any atom is 0.140 e. The zero-order valence-electron chi connectivity index (χ0n) is 10.2. The predicted molar refractivity (Wildman–Crippen MR) is 78.7 cm³/mol. The Labute approximate surface area is 120 Å². The molecule has 0 fully saturated rings. The second-order valence-corrected chi connectivity index (χ2v) is 5.16. The Hall–Kier alpha value is -1.94. The van der Waals surface area contributed by atoms with Crippen LogP contribution >= 0.6 is 15.9 Å². The lowest BCUT2D eigenvalue weighted by atomic mass is 10.2. The summed E-state index contributed by atoms with van der Waals surface area (Å²) in [7, 11) is 0. The van der Waals surface area contributed by atoms with Crippen molar-refractivity contribution in [2.45, 2.75) is 6.54 Å². The smallest absolute Gasteiger partial charge is 0.140 e. The van der Waals surface area contributed by atoms with Gasteiger partial charge in [0.2, 0.25) is 0 Å². The van der Waals surface area contributed by atoms with Crippen molar-refractivity contribution in [1.29, 1.82) is 0 Å². The van der Waals surface area contributed by atoms with Crippen molar-refractivity contribution in [1.82, 2.24) is 14.5 Å². The van der Waals surface area contributed by atoms with Crippen LogP contribution in [0, 0.1) is 0 Å². The quantitative estimate of drug-likeness (QED) is 0.737. The second-order valence-electron chi connectivity index (χ2n) is 4.24. The number of nitrogens with zero attached hydrogens (tertiary/aromatic N) is 3. The van der Waals surface area contributed by atoms with Crippen molar-refractivity contribution >= 4 is 15.9 Å². The lowest BCUT2D eigenvalue weighted by Crippen LogP contribution is -2.01. The zero-order valence-corrected chi connectivity index (χ0v) is 11.8. The van der Waals surface area contributed by atoms with Crippen LogP contribution in [0.3, 0.4) is 0 Å². The molecule has 3 aromatic rings. The third-order valence-corrected chi connectivity index (χ3v) is 3.39. The Morgan fingerprint density at radius 3 is 2.68 bits per heavy atom. The van der Waals surface area contributed by atoms with Gasteiger partial charge in [0.25, 0.3) is 0 Å². The molecule has 1 aromatic carbocycles. The van der Waals surface area contributed by atoms with E-state index < -0.39 is 0 Å². The number of benzene rings is 1. The van der Waals surface area contributed by atoms with Gasteiger partial charge in [-0.1, -0.05) is 28.1 Å². The number of aromatic nitrogens is 3. The fourth-order valence-electron chi connectivity index (χ4n) is 2.03. The number of hydrogen-bond donors (Lipinski definition) is 0. The predicted octanol–water partition coefficient (Wildman–Crippen LogP) is 3.76. The third kappa shape index (κ3) is 2.74. The summed E-state index contributed by atoms with van der Waals surface area (Å²) in [5, 5.41) is 0. The maximum absolute atomic E-state index is 4.43. The van der Waals surface area contributed by atoms with Crippen LogP contribution in [-0.4, -0.2) is 14.5 Å². The average molecular weight is 314 g/mol. The van der Waals surface area contributed by atoms with Crippen LogP contribution in [-0.2, 0) is 6.54 Å². The van der Waals surface area contributed by atoms with Crippen molar-refractivity contribution in [3.8, 4) is 11.4 Å². The molecule has 0 spiro atoms. The fourth-order valence-corrected chi connectivity index (χ4v) is 2.48. The number of halogens is 1. The molecule has 0 radical (unpaired) electrons. The molecular formula is C15H12BrN3. The monoisotopic (exact) mass is 313 g/mol. The van der Waals surface area contributed by atoms with Gasteiger partial charge in [-0.15, -0.1) is 0 Å². The van der Waals surface area contributed by atoms with Crippen molar-refractivity contribution < 1.29 is 0 Å². The highest BCUT2D eigenvalue weighted by molar-refractivity contribution is 9.10. The van der Waals surface area contributed by atoms with Crippen LogP contribution in [0.1, 0.15) is 5.56 Å². The van der Waals surface area contributed by atoms with E-state index in [4.69, 9.17) is 0 Å². The molecule has 0 atom stereocenters. The molecule has 19 heavy (non-hydrogen) atoms. The van der Waals surface area contributed by atoms with Gasteiger partial charge in [0.05, 0.1) is 0 Å². The van der Waals surface area contributed by atoms with E-state index in [1.807, 2.05) is 36.7 Å². The minimum absolute atomic E-state index is 0.803. The van der Waals surface area contributed by atoms with Gasteiger partial charge in [-0.05, 0) is 29.8 Å². The fraction of sp³-hybridized carbons (Fsp3) is 0.0667. The molecule has 0 saturated carbocycles. The Morgan fingerprint density at radius 2 is 1.89 bits per heavy atom. The number of pyridine rings is 1. The summed E-state index contributed by atoms with van der Waals surface area (Å²) in [5.74, 6) is 0.961. The minimum Gasteiger partial charge on any atom is -0.327 e. The van der Waals surface area contributed by atoms with E-state index in [9.17, 15) is 0 Å². The third-order valence-electron chi connectivity index (χ3n) is 2.90. The van der Waals surface area contributed by atoms with Gasteiger partial charge in [0, 0.05) is 41.4 Å². The first-order valence-corrected chi connectivity index (χ1v) is 6.78. The average Bonchev–Trinajstić information content (AvgIpc) is 2.88. The van der Waals surface area contributed by atoms with E-state index in [2.05, 4.69) is 42.6 Å². The molecule has 3 rings (SSSR count). The van der Waals surface area contributed by atoms with Crippen molar-refractivity contribution in [2.24, 2.45) is 0 Å². The molecule has 0 N–H and O–H groups in total. The van der Waals surface area contributed by atoms with Gasteiger partial charge >= 0.3 is 0 Å². The van der Waals surface area contributed by atoms with E-state index >= 15 is 0 Å². The number of imidazole rings is 1. The maximum atomic E-state index is 4.43. The van der Waals surface area contributed by atoms with Crippen LogP contribution in [0.4, 0.5) is 0 Å². The highest BCUT2D eigenvalue weighted by atomic mass is 79.9. The molecule has 0 aliphatic carbocycles. The highest BCUT2D eigenvalue weighted by Crippen LogP contribution is 2.19. The Bertz CT molecular complexity index is 677. The molecule has 2 aromatic heterocycles. The van der Waals surface area contributed by atoms with E-state index in [1.165, 1.54) is 5.56 Å². The Kier molecular flexibility index (Phi) is 3.42. The molecular weight excluding hydrogens is 302 g/mol. The molecule has 4 heteroatoms. The topological polar surface area (TPSA) is 30.7 Å². The summed E-state index contributed by atoms with van der Waals surface area (Å²) in [6.45, 7) is 0.803. The first-order valence-electron chi connectivity index (χ1n) is 5.99. The van der Waals surface area contributed by atoms with Gasteiger partial charge < -0.3 is 4.57 Å². The van der Waals surface area contributed by atoms with Crippen molar-refractivity contribution in [3.63, 3.8) is 0 Å². The Balaban J connectivity index is 1.93. The van der Waals surface area contributed by atoms with Crippen molar-refractivity contribution in [2.75, 3.05) is 0 Å². The normalized spacial score (nSPS) is 10.6. The highest BCUT2D eigenvalue weighted by Gasteiger charge is 2.06. The largest absolute Gasteiger partial charge is 0.327 e. The van der Waals surface area contributed by atoms with Crippen LogP contribution in [0.25, 0.3) is 11.4 Å². The SMILES string of the molecule is Brc1cccc(Cn2ccnc2-c2ccncc2)c1. The number of hydrogen-bond acceptors (Lipinski definition) is 2. The minimum atomic E-state index is 0.803. The van der Waals surface area contributed by atoms with Gasteiger partial charge in [-0.2, -0.15) is 0 Å². The van der Waals surface area contributed by atoms with Gasteiger partial charge in [-0.3, -0.25) is 4.98 Å². The summed E-state index contributed by atoms with van der Waals surface area (Å²) in [4.78, 5) is 8.47. The number of rotatable bonds is 3. The summed E-state index contributed by atoms with van der Waals surface area (Å²) < 4.78 is 3.23. The molecule has 94 valence electrons. The molecule has 3 nitrogen and oxygen atoms in total. The molecule has 0 aliphatic heterocycles. The molecule has 0 bridgehead atoms. The van der Waals surface area contributed by atoms with Crippen LogP contribution in [0.2, 0.25) is 0 Å². The zero-order chi connectivity index (χ0) is 13.1. The van der Waals surface area contributed by atoms with Crippen molar-refractivity contribution in [3.05, 3.63) is 71.2 Å². The molecule has 0 aliphatic rings. The lowest BCUT2D eigenvalue weighted by molar-refractivity contribution is 0.806. The molecule has 0 saturated heterocycles. The van der Waals surface area contributed by atoms with Crippen LogP contribution < -0.4 is 0 Å². The van der Waals surface area contributed by atoms with Gasteiger partial charge in [-0.25, -0.2) is 4.98 Å². The lowest BCUT2D eigenvalue weighted by Gasteiger charge is -2.08. The molecule has 0 unspecified atom stereocenters. The van der Waals surface area contributed by atoms with E-state index in [-0.39, 0.29) is 0 Å².